The second-order valence-electron chi connectivity index (χ2n) is 7.87. The van der Waals surface area contributed by atoms with Crippen LogP contribution in [0.15, 0.2) is 65.6 Å². The Labute approximate surface area is 235 Å². The zero-order chi connectivity index (χ0) is 26.5. The number of nitro benzene ring substituents is 1. The number of non-ortho nitro benzene ring substituents is 1. The number of nitro groups is 1. The molecule has 0 aromatic heterocycles. The van der Waals surface area contributed by atoms with Gasteiger partial charge in [-0.1, -0.05) is 23.7 Å². The van der Waals surface area contributed by atoms with Gasteiger partial charge in [0.2, 0.25) is 0 Å². The van der Waals surface area contributed by atoms with Crippen molar-refractivity contribution in [2.45, 2.75) is 20.1 Å². The van der Waals surface area contributed by atoms with E-state index in [1.54, 1.807) is 48.5 Å². The van der Waals surface area contributed by atoms with E-state index in [4.69, 9.17) is 21.1 Å². The van der Waals surface area contributed by atoms with Gasteiger partial charge in [-0.05, 0) is 100 Å². The van der Waals surface area contributed by atoms with Gasteiger partial charge in [0.1, 0.15) is 6.61 Å². The number of thioether (sulfide) groups is 1. The smallest absolute Gasteiger partial charge is 0.293 e. The fourth-order valence-electron chi connectivity index (χ4n) is 3.50. The Hall–Kier alpha value is -3.09. The Morgan fingerprint density at radius 2 is 1.73 bits per heavy atom. The third-order valence-corrected chi connectivity index (χ3v) is 7.25. The molecule has 1 aliphatic rings. The number of benzene rings is 3. The molecule has 11 heteroatoms. The molecule has 0 saturated carbocycles. The summed E-state index contributed by atoms with van der Waals surface area (Å²) >= 11 is 8.93. The van der Waals surface area contributed by atoms with Crippen LogP contribution in [0, 0.1) is 13.7 Å². The second kappa shape index (κ2) is 12.0. The van der Waals surface area contributed by atoms with Gasteiger partial charge in [-0.3, -0.25) is 24.6 Å². The van der Waals surface area contributed by atoms with Gasteiger partial charge < -0.3 is 9.47 Å². The highest BCUT2D eigenvalue weighted by Gasteiger charge is 2.35. The van der Waals surface area contributed by atoms with Crippen molar-refractivity contribution in [2.24, 2.45) is 0 Å². The predicted octanol–water partition coefficient (Wildman–Crippen LogP) is 7.07. The highest BCUT2D eigenvalue weighted by atomic mass is 127. The fraction of sp³-hybridized carbons (Fsp3) is 0.154. The van der Waals surface area contributed by atoms with Crippen molar-refractivity contribution in [1.82, 2.24) is 4.90 Å². The molecule has 1 aliphatic heterocycles. The lowest BCUT2D eigenvalue weighted by Gasteiger charge is -2.15. The summed E-state index contributed by atoms with van der Waals surface area (Å²) in [6.45, 7) is 2.60. The van der Waals surface area contributed by atoms with E-state index < -0.39 is 4.92 Å². The minimum Gasteiger partial charge on any atom is -0.490 e. The number of rotatable bonds is 9. The van der Waals surface area contributed by atoms with Gasteiger partial charge in [0.15, 0.2) is 11.5 Å². The van der Waals surface area contributed by atoms with Crippen LogP contribution in [0.1, 0.15) is 23.6 Å². The van der Waals surface area contributed by atoms with Crippen molar-refractivity contribution >= 4 is 68.9 Å². The Kier molecular flexibility index (Phi) is 8.72. The van der Waals surface area contributed by atoms with E-state index in [0.29, 0.717) is 33.6 Å². The van der Waals surface area contributed by atoms with E-state index in [2.05, 4.69) is 22.6 Å². The fourth-order valence-corrected chi connectivity index (χ4v) is 5.25. The molecule has 3 aromatic rings. The lowest BCUT2D eigenvalue weighted by atomic mass is 10.1. The molecule has 0 atom stereocenters. The Morgan fingerprint density at radius 1 is 1.05 bits per heavy atom. The first-order chi connectivity index (χ1) is 17.7. The Morgan fingerprint density at radius 3 is 2.38 bits per heavy atom. The molecule has 1 heterocycles. The van der Waals surface area contributed by atoms with Gasteiger partial charge in [0.05, 0.1) is 26.6 Å². The van der Waals surface area contributed by atoms with Crippen molar-refractivity contribution in [3.63, 3.8) is 0 Å². The average Bonchev–Trinajstić information content (AvgIpc) is 3.12. The third-order valence-electron chi connectivity index (χ3n) is 5.29. The summed E-state index contributed by atoms with van der Waals surface area (Å²) in [6.07, 6.45) is 1.66. The number of hydrogen-bond donors (Lipinski definition) is 0. The van der Waals surface area contributed by atoms with Crippen LogP contribution in [-0.4, -0.2) is 27.6 Å². The van der Waals surface area contributed by atoms with Crippen LogP contribution in [0.4, 0.5) is 10.5 Å². The van der Waals surface area contributed by atoms with Crippen LogP contribution >= 0.6 is 46.0 Å². The molecule has 4 rings (SSSR count). The summed E-state index contributed by atoms with van der Waals surface area (Å²) in [5, 5.41) is 11.1. The molecule has 0 unspecified atom stereocenters. The topological polar surface area (TPSA) is 99.0 Å². The minimum atomic E-state index is -0.453. The van der Waals surface area contributed by atoms with E-state index in [0.717, 1.165) is 26.5 Å². The monoisotopic (exact) mass is 650 g/mol. The van der Waals surface area contributed by atoms with Crippen LogP contribution in [0.5, 0.6) is 11.5 Å². The van der Waals surface area contributed by atoms with Gasteiger partial charge in [-0.15, -0.1) is 0 Å². The standard InChI is InChI=1S/C26H20ClIN2O6S/c1-2-35-22-12-18(11-21(28)24(22)36-15-17-5-9-20(10-6-17)30(33)34)13-23-25(31)29(26(32)37-23)14-16-3-7-19(27)8-4-16/h3-13H,2,14-15H2,1H3/b23-13-. The number of amides is 2. The summed E-state index contributed by atoms with van der Waals surface area (Å²) in [5.74, 6) is 0.646. The van der Waals surface area contributed by atoms with Crippen molar-refractivity contribution in [3.8, 4) is 11.5 Å². The van der Waals surface area contributed by atoms with Gasteiger partial charge in [0, 0.05) is 17.2 Å². The maximum absolute atomic E-state index is 13.0. The molecule has 0 aliphatic carbocycles. The van der Waals surface area contributed by atoms with Crippen molar-refractivity contribution in [3.05, 3.63) is 101 Å². The molecule has 0 N–H and O–H groups in total. The van der Waals surface area contributed by atoms with E-state index in [1.165, 1.54) is 17.0 Å². The van der Waals surface area contributed by atoms with Crippen LogP contribution in [-0.2, 0) is 17.9 Å². The lowest BCUT2D eigenvalue weighted by Crippen LogP contribution is -2.27. The highest BCUT2D eigenvalue weighted by molar-refractivity contribution is 14.1. The molecule has 2 amide bonds. The maximum Gasteiger partial charge on any atom is 0.293 e. The van der Waals surface area contributed by atoms with Gasteiger partial charge in [-0.25, -0.2) is 0 Å². The number of imide groups is 1. The molecule has 0 bridgehead atoms. The number of halogens is 2. The SMILES string of the molecule is CCOc1cc(/C=C2\SC(=O)N(Cc3ccc(Cl)cc3)C2=O)cc(I)c1OCc1ccc([N+](=O)[O-])cc1. The zero-order valence-corrected chi connectivity index (χ0v) is 23.2. The first kappa shape index (κ1) is 27.0. The number of carbonyl (C=O) groups excluding carboxylic acids is 2. The van der Waals surface area contributed by atoms with Crippen LogP contribution in [0.2, 0.25) is 5.02 Å². The van der Waals surface area contributed by atoms with Gasteiger partial charge >= 0.3 is 0 Å². The average molecular weight is 651 g/mol. The molecule has 3 aromatic carbocycles. The largest absolute Gasteiger partial charge is 0.490 e. The molecular formula is C26H20ClIN2O6S. The maximum atomic E-state index is 13.0. The first-order valence-corrected chi connectivity index (χ1v) is 13.3. The number of ether oxygens (including phenoxy) is 2. The molecule has 1 fully saturated rings. The number of hydrogen-bond acceptors (Lipinski definition) is 7. The normalized spacial score (nSPS) is 14.4. The van der Waals surface area contributed by atoms with Gasteiger partial charge in [-0.2, -0.15) is 0 Å². The van der Waals surface area contributed by atoms with Crippen molar-refractivity contribution < 1.29 is 24.0 Å². The summed E-state index contributed by atoms with van der Waals surface area (Å²) in [5.41, 5.74) is 2.26. The van der Waals surface area contributed by atoms with E-state index >= 15 is 0 Å². The molecule has 37 heavy (non-hydrogen) atoms. The van der Waals surface area contributed by atoms with E-state index in [9.17, 15) is 19.7 Å². The van der Waals surface area contributed by atoms with E-state index in [-0.39, 0.29) is 30.0 Å². The zero-order valence-electron chi connectivity index (χ0n) is 19.5. The molecule has 190 valence electrons. The summed E-state index contributed by atoms with van der Waals surface area (Å²) in [4.78, 5) is 37.4. The first-order valence-electron chi connectivity index (χ1n) is 11.1. The van der Waals surface area contributed by atoms with Gasteiger partial charge in [0.25, 0.3) is 16.8 Å². The van der Waals surface area contributed by atoms with Crippen molar-refractivity contribution in [2.75, 3.05) is 6.61 Å². The molecule has 8 nitrogen and oxygen atoms in total. The van der Waals surface area contributed by atoms with E-state index in [1.807, 2.05) is 13.0 Å². The Bertz CT molecular complexity index is 1380. The summed E-state index contributed by atoms with van der Waals surface area (Å²) in [7, 11) is 0. The Balaban J connectivity index is 1.52. The van der Waals surface area contributed by atoms with Crippen LogP contribution in [0.3, 0.4) is 0 Å². The molecular weight excluding hydrogens is 631 g/mol. The number of nitrogens with zero attached hydrogens (tertiary/aromatic N) is 2. The van der Waals surface area contributed by atoms with Crippen LogP contribution in [0.25, 0.3) is 6.08 Å². The summed E-state index contributed by atoms with van der Waals surface area (Å²) < 4.78 is 12.5. The third kappa shape index (κ3) is 6.62. The minimum absolute atomic E-state index is 0.00951. The van der Waals surface area contributed by atoms with Crippen molar-refractivity contribution in [1.29, 1.82) is 0 Å². The molecule has 0 radical (unpaired) electrons. The quantitative estimate of drug-likeness (QED) is 0.106. The lowest BCUT2D eigenvalue weighted by molar-refractivity contribution is -0.384. The van der Waals surface area contributed by atoms with Crippen LogP contribution < -0.4 is 9.47 Å². The predicted molar refractivity (Wildman–Crippen MR) is 151 cm³/mol. The highest BCUT2D eigenvalue weighted by Crippen LogP contribution is 2.38. The number of carbonyl (C=O) groups is 2. The second-order valence-corrected chi connectivity index (χ2v) is 10.5. The molecule has 0 spiro atoms. The molecule has 1 saturated heterocycles. The summed E-state index contributed by atoms with van der Waals surface area (Å²) in [6, 6.07) is 16.7.